The van der Waals surface area contributed by atoms with Gasteiger partial charge in [0.25, 0.3) is 0 Å². The quantitative estimate of drug-likeness (QED) is 0.0490. The van der Waals surface area contributed by atoms with E-state index in [0.717, 1.165) is 63.8 Å². The Kier molecular flexibility index (Phi) is 14.7. The SMILES string of the molecule is CC(=O)OC1CC(O)CCC23C#CC4CCCC5(CC(CCN5)Oc5cc(c(C(O)O)cc5O)CC41)C1CCC(CN1)SSCC1(CC4(CCCC4)CCC14CCCC4)NC(N)=NC2C=CCC3O. The lowest BCUT2D eigenvalue weighted by Crippen LogP contribution is -2.67. The number of fused-ring (bicyclic) bond motifs is 8. The lowest BCUT2D eigenvalue weighted by Gasteiger charge is -2.58. The van der Waals surface area contributed by atoms with Crippen molar-refractivity contribution in [3.8, 4) is 23.3 Å². The summed E-state index contributed by atoms with van der Waals surface area (Å²) in [6.45, 7) is 3.02. The van der Waals surface area contributed by atoms with Crippen LogP contribution in [0.1, 0.15) is 166 Å². The van der Waals surface area contributed by atoms with E-state index in [-0.39, 0.29) is 65.0 Å². The minimum Gasteiger partial charge on any atom is -0.504 e. The minimum atomic E-state index is -1.90. The van der Waals surface area contributed by atoms with Crippen molar-refractivity contribution in [3.63, 3.8) is 0 Å². The second kappa shape index (κ2) is 20.3. The van der Waals surface area contributed by atoms with Crippen LogP contribution in [0, 0.1) is 39.9 Å². The number of hydrogen-bond donors (Lipinski definition) is 9. The average Bonchev–Trinajstić information content (AvgIpc) is 3.99. The van der Waals surface area contributed by atoms with Crippen molar-refractivity contribution in [2.24, 2.45) is 38.8 Å². The Morgan fingerprint density at radius 1 is 0.986 bits per heavy atom. The first-order chi connectivity index (χ1) is 33.2. The molecule has 11 rings (SSSR count). The highest BCUT2D eigenvalue weighted by molar-refractivity contribution is 8.77. The number of aliphatic hydroxyl groups excluding tert-OH is 3. The number of hydrogen-bond acceptors (Lipinski definition) is 15. The van der Waals surface area contributed by atoms with Crippen LogP contribution in [-0.2, 0) is 16.0 Å². The minimum absolute atomic E-state index is 0.116. The molecule has 5 heterocycles. The molecule has 5 fully saturated rings. The summed E-state index contributed by atoms with van der Waals surface area (Å²) in [5.41, 5.74) is 6.76. The zero-order valence-electron chi connectivity index (χ0n) is 40.8. The van der Waals surface area contributed by atoms with Gasteiger partial charge in [-0.25, -0.2) is 4.99 Å². The predicted octanol–water partition coefficient (Wildman–Crippen LogP) is 6.82. The van der Waals surface area contributed by atoms with E-state index in [1.165, 1.54) is 77.2 Å². The largest absolute Gasteiger partial charge is 0.504 e. The molecule has 15 heteroatoms. The van der Waals surface area contributed by atoms with Gasteiger partial charge in [-0.05, 0) is 138 Å². The lowest BCUT2D eigenvalue weighted by molar-refractivity contribution is -0.152. The summed E-state index contributed by atoms with van der Waals surface area (Å²) in [5, 5.41) is 70.2. The van der Waals surface area contributed by atoms with Crippen LogP contribution in [0.4, 0.5) is 0 Å². The Balaban J connectivity index is 1.13. The van der Waals surface area contributed by atoms with E-state index in [1.807, 2.05) is 27.7 Å². The fourth-order valence-electron chi connectivity index (χ4n) is 15.5. The van der Waals surface area contributed by atoms with E-state index < -0.39 is 53.9 Å². The number of benzene rings is 1. The summed E-state index contributed by atoms with van der Waals surface area (Å²) in [6.07, 6.45) is 20.0. The average molecular weight is 990 g/mol. The molecule has 5 spiro atoms. The van der Waals surface area contributed by atoms with Gasteiger partial charge in [-0.15, -0.1) is 0 Å². The number of esters is 1. The summed E-state index contributed by atoms with van der Waals surface area (Å²) in [4.78, 5) is 18.5. The van der Waals surface area contributed by atoms with Crippen molar-refractivity contribution >= 4 is 33.5 Å². The Labute approximate surface area is 417 Å². The normalized spacial score (nSPS) is 39.9. The summed E-state index contributed by atoms with van der Waals surface area (Å²) >= 11 is 0. The summed E-state index contributed by atoms with van der Waals surface area (Å²) in [5.74, 6) is 7.54. The van der Waals surface area contributed by atoms with Crippen molar-refractivity contribution in [1.29, 1.82) is 0 Å². The van der Waals surface area contributed by atoms with Crippen LogP contribution in [0.25, 0.3) is 0 Å². The van der Waals surface area contributed by atoms with Gasteiger partial charge < -0.3 is 56.7 Å². The van der Waals surface area contributed by atoms with Gasteiger partial charge in [-0.3, -0.25) is 4.79 Å². The number of nitrogens with one attached hydrogen (secondary N) is 3. The molecule has 0 aromatic heterocycles. The van der Waals surface area contributed by atoms with E-state index in [0.29, 0.717) is 41.5 Å². The van der Waals surface area contributed by atoms with Crippen molar-refractivity contribution < 1.29 is 39.8 Å². The number of rotatable bonds is 2. The maximum absolute atomic E-state index is 13.0. The zero-order chi connectivity index (χ0) is 48.0. The maximum atomic E-state index is 13.0. The highest BCUT2D eigenvalue weighted by atomic mass is 33.1. The Bertz CT molecular complexity index is 2150. The van der Waals surface area contributed by atoms with E-state index in [2.05, 4.69) is 33.9 Å². The molecule has 2 saturated heterocycles. The molecule has 3 saturated carbocycles. The van der Waals surface area contributed by atoms with Crippen molar-refractivity contribution in [1.82, 2.24) is 16.0 Å². The van der Waals surface area contributed by atoms with Crippen LogP contribution >= 0.6 is 21.6 Å². The molecule has 5 aliphatic carbocycles. The first kappa shape index (κ1) is 49.9. The number of aliphatic imine (C=N–C) groups is 1. The Hall–Kier alpha value is -2.68. The van der Waals surface area contributed by atoms with E-state index in [1.54, 1.807) is 6.07 Å². The third-order valence-electron chi connectivity index (χ3n) is 19.2. The van der Waals surface area contributed by atoms with Crippen LogP contribution < -0.4 is 26.4 Å². The third kappa shape index (κ3) is 9.94. The fraction of sp³-hybridized carbons (Fsp3) is 0.778. The molecular formula is C54H79N5O8S2. The molecule has 0 amide bonds. The molecule has 10 N–H and O–H groups in total. The highest BCUT2D eigenvalue weighted by Crippen LogP contribution is 2.64. The molecule has 8 bridgehead atoms. The number of carbonyl (C=O) groups is 1. The molecule has 5 aliphatic heterocycles. The van der Waals surface area contributed by atoms with Gasteiger partial charge in [0.1, 0.15) is 12.2 Å². The second-order valence-electron chi connectivity index (χ2n) is 23.2. The number of aliphatic hydroxyl groups is 4. The van der Waals surface area contributed by atoms with Crippen molar-refractivity contribution in [3.05, 3.63) is 35.4 Å². The maximum Gasteiger partial charge on any atom is 0.302 e. The van der Waals surface area contributed by atoms with Crippen LogP contribution in [0.5, 0.6) is 11.5 Å². The first-order valence-corrected chi connectivity index (χ1v) is 29.1. The van der Waals surface area contributed by atoms with E-state index in [4.69, 9.17) is 20.2 Å². The number of nitrogens with zero attached hydrogens (tertiary/aromatic N) is 1. The number of phenolic OH excluding ortho intramolecular Hbond substituents is 1. The van der Waals surface area contributed by atoms with Gasteiger partial charge in [-0.1, -0.05) is 77.7 Å². The van der Waals surface area contributed by atoms with Crippen LogP contribution in [0.2, 0.25) is 0 Å². The summed E-state index contributed by atoms with van der Waals surface area (Å²) < 4.78 is 13.0. The molecule has 0 radical (unpaired) electrons. The summed E-state index contributed by atoms with van der Waals surface area (Å²) in [7, 11) is 4.08. The first-order valence-electron chi connectivity index (χ1n) is 26.7. The van der Waals surface area contributed by atoms with Crippen molar-refractivity contribution in [2.75, 3.05) is 18.8 Å². The summed E-state index contributed by atoms with van der Waals surface area (Å²) in [6, 6.07) is 2.68. The topological polar surface area (TPSA) is 211 Å². The molecule has 12 unspecified atom stereocenters. The van der Waals surface area contributed by atoms with Gasteiger partial charge in [0.15, 0.2) is 23.7 Å². The Morgan fingerprint density at radius 2 is 1.80 bits per heavy atom. The zero-order valence-corrected chi connectivity index (χ0v) is 42.4. The molecule has 69 heavy (non-hydrogen) atoms. The number of carbonyl (C=O) groups excluding carboxylic acids is 1. The van der Waals surface area contributed by atoms with Gasteiger partial charge in [0.05, 0.1) is 29.2 Å². The number of piperidine rings is 2. The molecule has 12 atom stereocenters. The molecule has 1 aromatic carbocycles. The third-order valence-corrected chi connectivity index (χ3v) is 22.2. The molecule has 10 aliphatic rings. The van der Waals surface area contributed by atoms with E-state index >= 15 is 0 Å². The molecule has 380 valence electrons. The molecular weight excluding hydrogens is 911 g/mol. The number of ether oxygens (including phenoxy) is 2. The van der Waals surface area contributed by atoms with Gasteiger partial charge >= 0.3 is 5.97 Å². The number of aromatic hydroxyl groups is 1. The van der Waals surface area contributed by atoms with Crippen LogP contribution in [0.15, 0.2) is 29.3 Å². The standard InChI is InChI=1S/C54H79N5O8S2/c1-34(60)66-43-28-37(61)14-22-52-21-13-35-8-7-20-53(30-38(15-25-57-53)67-44-27-36(26-40(35)43)41(48(64)65)29-42(44)62)46-12-11-39(31-56-46)69-68-33-54(59-49(55)58-45(52)9-6-10-47(52)63)32-50(16-2-3-17-50)23-24-51(54)18-4-5-19-51/h6,9,27,29,35,37-40,43,45-48,56-57,61-65H,2-5,7-8,10-12,14-20,22-26,28,30-33H2,1H3,(H3,55,58,59). The molecule has 1 aromatic rings. The van der Waals surface area contributed by atoms with Crippen molar-refractivity contribution in [2.45, 2.75) is 214 Å². The Morgan fingerprint density at radius 3 is 2.57 bits per heavy atom. The molecule has 13 nitrogen and oxygen atoms in total. The monoisotopic (exact) mass is 990 g/mol. The van der Waals surface area contributed by atoms with Crippen LogP contribution in [-0.4, -0.2) is 109 Å². The number of guanidine groups is 1. The predicted molar refractivity (Wildman–Crippen MR) is 271 cm³/mol. The smallest absolute Gasteiger partial charge is 0.302 e. The van der Waals surface area contributed by atoms with Crippen LogP contribution in [0.3, 0.4) is 0 Å². The van der Waals surface area contributed by atoms with Gasteiger partial charge in [0.2, 0.25) is 0 Å². The number of nitrogens with two attached hydrogens (primary N) is 1. The lowest BCUT2D eigenvalue weighted by atomic mass is 9.53. The highest BCUT2D eigenvalue weighted by Gasteiger charge is 2.60. The fourth-order valence-corrected chi connectivity index (χ4v) is 18.7. The van der Waals surface area contributed by atoms with Gasteiger partial charge in [-0.2, -0.15) is 0 Å². The van der Waals surface area contributed by atoms with E-state index in [9.17, 15) is 30.3 Å². The second-order valence-corrected chi connectivity index (χ2v) is 25.9. The van der Waals surface area contributed by atoms with Gasteiger partial charge in [0, 0.05) is 66.3 Å². The number of phenols is 1.